The van der Waals surface area contributed by atoms with Crippen LogP contribution in [0.1, 0.15) is 18.9 Å². The molecule has 0 heterocycles. The molecule has 0 aliphatic carbocycles. The van der Waals surface area contributed by atoms with Gasteiger partial charge in [-0.15, -0.1) is 0 Å². The van der Waals surface area contributed by atoms with Gasteiger partial charge in [-0.05, 0) is 31.5 Å². The van der Waals surface area contributed by atoms with Crippen LogP contribution >= 0.6 is 0 Å². The van der Waals surface area contributed by atoms with E-state index >= 15 is 0 Å². The van der Waals surface area contributed by atoms with E-state index in [-0.39, 0.29) is 17.2 Å². The van der Waals surface area contributed by atoms with Crippen LogP contribution in [0.5, 0.6) is 0 Å². The summed E-state index contributed by atoms with van der Waals surface area (Å²) in [6.45, 7) is 3.46. The molecule has 1 atom stereocenters. The van der Waals surface area contributed by atoms with E-state index in [1.807, 2.05) is 13.0 Å². The summed E-state index contributed by atoms with van der Waals surface area (Å²) in [5, 5.41) is 11.2. The van der Waals surface area contributed by atoms with Gasteiger partial charge >= 0.3 is 0 Å². The number of nitrogens with zero attached hydrogens (tertiary/aromatic N) is 1. The molecule has 1 unspecified atom stereocenters. The molecule has 0 radical (unpaired) electrons. The smallest absolute Gasteiger partial charge is 0.240 e. The van der Waals surface area contributed by atoms with Crippen LogP contribution in [0, 0.1) is 6.92 Å². The van der Waals surface area contributed by atoms with Crippen molar-refractivity contribution in [3.05, 3.63) is 29.8 Å². The van der Waals surface area contributed by atoms with Crippen LogP contribution in [0.3, 0.4) is 0 Å². The summed E-state index contributed by atoms with van der Waals surface area (Å²) in [4.78, 5) is 0.203. The van der Waals surface area contributed by atoms with E-state index in [9.17, 15) is 8.42 Å². The van der Waals surface area contributed by atoms with E-state index in [0.717, 1.165) is 5.56 Å². The van der Waals surface area contributed by atoms with Gasteiger partial charge in [0.2, 0.25) is 10.0 Å². The number of hydrogen-bond donors (Lipinski definition) is 3. The van der Waals surface area contributed by atoms with Crippen molar-refractivity contribution in [3.8, 4) is 0 Å². The standard InChI is InChI=1S/C11H17N3O3S/c1-8-4-3-5-10(6-8)18(16,17)14-9(2)7-11(12)13-15/h3-6,9,14-15H,7H2,1-2H3,(H2,12,13). The summed E-state index contributed by atoms with van der Waals surface area (Å²) in [5.41, 5.74) is 6.18. The van der Waals surface area contributed by atoms with E-state index in [1.54, 1.807) is 19.1 Å². The number of rotatable bonds is 5. The average Bonchev–Trinajstić information content (AvgIpc) is 2.28. The van der Waals surface area contributed by atoms with Crippen LogP contribution in [0.4, 0.5) is 0 Å². The number of hydrogen-bond acceptors (Lipinski definition) is 4. The lowest BCUT2D eigenvalue weighted by atomic mass is 10.2. The number of oxime groups is 1. The van der Waals surface area contributed by atoms with E-state index in [2.05, 4.69) is 9.88 Å². The first-order valence-corrected chi connectivity index (χ1v) is 6.89. The molecule has 0 saturated carbocycles. The van der Waals surface area contributed by atoms with E-state index < -0.39 is 16.1 Å². The van der Waals surface area contributed by atoms with Crippen molar-refractivity contribution in [1.82, 2.24) is 4.72 Å². The Bertz CT molecular complexity index is 540. The SMILES string of the molecule is Cc1cccc(S(=O)(=O)NC(C)CC(N)=NO)c1. The molecule has 0 bridgehead atoms. The van der Waals surface area contributed by atoms with E-state index in [1.165, 1.54) is 6.07 Å². The van der Waals surface area contributed by atoms with E-state index in [4.69, 9.17) is 10.9 Å². The van der Waals surface area contributed by atoms with Crippen molar-refractivity contribution in [2.75, 3.05) is 0 Å². The minimum absolute atomic E-state index is 0.0190. The molecule has 0 amide bonds. The maximum atomic E-state index is 12.0. The number of aryl methyl sites for hydroxylation is 1. The van der Waals surface area contributed by atoms with Crippen LogP contribution in [0.2, 0.25) is 0 Å². The zero-order chi connectivity index (χ0) is 13.8. The number of sulfonamides is 1. The van der Waals surface area contributed by atoms with Crippen molar-refractivity contribution >= 4 is 15.9 Å². The van der Waals surface area contributed by atoms with Gasteiger partial charge in [0.05, 0.1) is 4.90 Å². The van der Waals surface area contributed by atoms with Gasteiger partial charge in [0.15, 0.2) is 0 Å². The molecule has 6 nitrogen and oxygen atoms in total. The highest BCUT2D eigenvalue weighted by Gasteiger charge is 2.18. The van der Waals surface area contributed by atoms with Crippen LogP contribution in [-0.2, 0) is 10.0 Å². The molecule has 0 saturated heterocycles. The van der Waals surface area contributed by atoms with Gasteiger partial charge in [-0.1, -0.05) is 17.3 Å². The molecule has 18 heavy (non-hydrogen) atoms. The molecule has 1 aromatic carbocycles. The number of amidine groups is 1. The molecule has 4 N–H and O–H groups in total. The Balaban J connectivity index is 2.83. The van der Waals surface area contributed by atoms with Crippen LogP contribution in [0.15, 0.2) is 34.3 Å². The van der Waals surface area contributed by atoms with Gasteiger partial charge in [0.1, 0.15) is 5.84 Å². The lowest BCUT2D eigenvalue weighted by Crippen LogP contribution is -2.35. The normalized spacial score (nSPS) is 14.4. The Hall–Kier alpha value is -1.60. The van der Waals surface area contributed by atoms with Gasteiger partial charge in [0, 0.05) is 12.5 Å². The fourth-order valence-electron chi connectivity index (χ4n) is 1.51. The monoisotopic (exact) mass is 271 g/mol. The Morgan fingerprint density at radius 3 is 2.78 bits per heavy atom. The third-order valence-corrected chi connectivity index (χ3v) is 3.89. The third kappa shape index (κ3) is 4.01. The van der Waals surface area contributed by atoms with Gasteiger partial charge in [-0.3, -0.25) is 0 Å². The van der Waals surface area contributed by atoms with Crippen LogP contribution in [-0.4, -0.2) is 25.5 Å². The second kappa shape index (κ2) is 5.83. The fourth-order valence-corrected chi connectivity index (χ4v) is 2.86. The highest BCUT2D eigenvalue weighted by atomic mass is 32.2. The maximum absolute atomic E-state index is 12.0. The molecule has 1 aromatic rings. The third-order valence-electron chi connectivity index (χ3n) is 2.30. The minimum Gasteiger partial charge on any atom is -0.409 e. The van der Waals surface area contributed by atoms with Crippen molar-refractivity contribution in [2.24, 2.45) is 10.9 Å². The molecular weight excluding hydrogens is 254 g/mol. The Labute approximate surface area is 107 Å². The first kappa shape index (κ1) is 14.5. The molecule has 0 fully saturated rings. The summed E-state index contributed by atoms with van der Waals surface area (Å²) in [6, 6.07) is 6.15. The summed E-state index contributed by atoms with van der Waals surface area (Å²) in [6.07, 6.45) is 0.140. The first-order chi connectivity index (χ1) is 8.35. The first-order valence-electron chi connectivity index (χ1n) is 5.40. The topological polar surface area (TPSA) is 105 Å². The lowest BCUT2D eigenvalue weighted by molar-refractivity contribution is 0.316. The maximum Gasteiger partial charge on any atom is 0.240 e. The van der Waals surface area contributed by atoms with Crippen molar-refractivity contribution in [3.63, 3.8) is 0 Å². The largest absolute Gasteiger partial charge is 0.409 e. The molecule has 100 valence electrons. The lowest BCUT2D eigenvalue weighted by Gasteiger charge is -2.13. The summed E-state index contributed by atoms with van der Waals surface area (Å²) >= 11 is 0. The van der Waals surface area contributed by atoms with Gasteiger partial charge in [-0.25, -0.2) is 13.1 Å². The molecule has 0 aromatic heterocycles. The zero-order valence-electron chi connectivity index (χ0n) is 10.3. The quantitative estimate of drug-likeness (QED) is 0.319. The molecule has 1 rings (SSSR count). The van der Waals surface area contributed by atoms with Gasteiger partial charge in [0.25, 0.3) is 0 Å². The average molecular weight is 271 g/mol. The molecule has 0 aliphatic rings. The van der Waals surface area contributed by atoms with E-state index in [0.29, 0.717) is 0 Å². The Morgan fingerprint density at radius 1 is 1.56 bits per heavy atom. The minimum atomic E-state index is -3.58. The molecule has 0 aliphatic heterocycles. The van der Waals surface area contributed by atoms with Crippen molar-refractivity contribution < 1.29 is 13.6 Å². The highest BCUT2D eigenvalue weighted by molar-refractivity contribution is 7.89. The zero-order valence-corrected chi connectivity index (χ0v) is 11.1. The fraction of sp³-hybridized carbons (Fsp3) is 0.364. The second-order valence-electron chi connectivity index (χ2n) is 4.13. The van der Waals surface area contributed by atoms with Crippen molar-refractivity contribution in [2.45, 2.75) is 31.2 Å². The predicted molar refractivity (Wildman–Crippen MR) is 69.0 cm³/mol. The highest BCUT2D eigenvalue weighted by Crippen LogP contribution is 2.11. The Kier molecular flexibility index (Phi) is 4.69. The summed E-state index contributed by atoms with van der Waals surface area (Å²) in [7, 11) is -3.58. The summed E-state index contributed by atoms with van der Waals surface area (Å²) < 4.78 is 26.5. The molecule has 0 spiro atoms. The van der Waals surface area contributed by atoms with Gasteiger partial charge < -0.3 is 10.9 Å². The van der Waals surface area contributed by atoms with Crippen LogP contribution in [0.25, 0.3) is 0 Å². The second-order valence-corrected chi connectivity index (χ2v) is 5.85. The molecular formula is C11H17N3O3S. The predicted octanol–water partition coefficient (Wildman–Crippen LogP) is 0.798. The van der Waals surface area contributed by atoms with Crippen LogP contribution < -0.4 is 10.5 Å². The van der Waals surface area contributed by atoms with Gasteiger partial charge in [-0.2, -0.15) is 0 Å². The summed E-state index contributed by atoms with van der Waals surface area (Å²) in [5.74, 6) is -0.0190. The number of nitrogens with one attached hydrogen (secondary N) is 1. The Morgan fingerprint density at radius 2 is 2.22 bits per heavy atom. The number of nitrogens with two attached hydrogens (primary N) is 1. The number of benzene rings is 1. The molecule has 7 heteroatoms. The van der Waals surface area contributed by atoms with Crippen molar-refractivity contribution in [1.29, 1.82) is 0 Å².